The monoisotopic (exact) mass is 267 g/mol. The zero-order chi connectivity index (χ0) is 14.4. The first-order valence-corrected chi connectivity index (χ1v) is 6.10. The van der Waals surface area contributed by atoms with Gasteiger partial charge in [-0.1, -0.05) is 65.8 Å². The van der Waals surface area contributed by atoms with Crippen molar-refractivity contribution in [2.24, 2.45) is 11.1 Å². The molecule has 1 N–H and O–H groups in total. The van der Waals surface area contributed by atoms with E-state index in [4.69, 9.17) is 5.21 Å². The number of hydrogen-bond acceptors (Lipinski definition) is 4. The molecule has 2 aromatic rings. The summed E-state index contributed by atoms with van der Waals surface area (Å²) in [5.74, 6) is -1.51. The van der Waals surface area contributed by atoms with Crippen molar-refractivity contribution in [3.05, 3.63) is 71.8 Å². The van der Waals surface area contributed by atoms with Crippen molar-refractivity contribution < 1.29 is 14.8 Å². The van der Waals surface area contributed by atoms with Gasteiger partial charge in [0.1, 0.15) is 17.9 Å². The maximum atomic E-state index is 12.3. The summed E-state index contributed by atoms with van der Waals surface area (Å²) < 4.78 is 0. The summed E-state index contributed by atoms with van der Waals surface area (Å²) in [4.78, 5) is 23.6. The van der Waals surface area contributed by atoms with Gasteiger partial charge >= 0.3 is 0 Å². The van der Waals surface area contributed by atoms with Gasteiger partial charge in [0.15, 0.2) is 5.78 Å². The van der Waals surface area contributed by atoms with Crippen LogP contribution in [0.4, 0.5) is 0 Å². The van der Waals surface area contributed by atoms with Crippen LogP contribution in [0.2, 0.25) is 0 Å². The van der Waals surface area contributed by atoms with Crippen molar-refractivity contribution in [2.45, 2.75) is 0 Å². The standard InChI is InChI=1S/C16H13NO3/c18-11-14(16(19)13-9-5-2-6-10-13)15(17-20)12-7-3-1-4-8-12/h1-11,14,20H. The molecule has 20 heavy (non-hydrogen) atoms. The van der Waals surface area contributed by atoms with Gasteiger partial charge in [-0.2, -0.15) is 0 Å². The van der Waals surface area contributed by atoms with E-state index in [-0.39, 0.29) is 5.71 Å². The minimum absolute atomic E-state index is 0.0504. The van der Waals surface area contributed by atoms with Gasteiger partial charge in [0.2, 0.25) is 0 Å². The first kappa shape index (κ1) is 13.7. The summed E-state index contributed by atoms with van der Waals surface area (Å²) >= 11 is 0. The molecule has 0 aliphatic heterocycles. The van der Waals surface area contributed by atoms with Gasteiger partial charge < -0.3 is 10.0 Å². The molecule has 2 rings (SSSR count). The van der Waals surface area contributed by atoms with Gasteiger partial charge in [-0.15, -0.1) is 0 Å². The van der Waals surface area contributed by atoms with Crippen LogP contribution in [0.5, 0.6) is 0 Å². The summed E-state index contributed by atoms with van der Waals surface area (Å²) in [6.07, 6.45) is 0.497. The largest absolute Gasteiger partial charge is 0.411 e. The second-order valence-corrected chi connectivity index (χ2v) is 4.20. The normalized spacial score (nSPS) is 12.7. The zero-order valence-electron chi connectivity index (χ0n) is 10.6. The highest BCUT2D eigenvalue weighted by atomic mass is 16.4. The molecule has 100 valence electrons. The molecule has 0 spiro atoms. The Morgan fingerprint density at radius 1 is 0.950 bits per heavy atom. The lowest BCUT2D eigenvalue weighted by molar-refractivity contribution is -0.108. The second-order valence-electron chi connectivity index (χ2n) is 4.20. The molecule has 4 heteroatoms. The smallest absolute Gasteiger partial charge is 0.179 e. The number of nitrogens with zero attached hydrogens (tertiary/aromatic N) is 1. The van der Waals surface area contributed by atoms with E-state index in [0.29, 0.717) is 17.4 Å². The highest BCUT2D eigenvalue weighted by Crippen LogP contribution is 2.14. The molecular formula is C16H13NO3. The Bertz CT molecular complexity index is 621. The van der Waals surface area contributed by atoms with E-state index in [1.165, 1.54) is 0 Å². The maximum absolute atomic E-state index is 12.3. The van der Waals surface area contributed by atoms with Crippen LogP contribution >= 0.6 is 0 Å². The molecule has 0 fully saturated rings. The van der Waals surface area contributed by atoms with Gasteiger partial charge in [0.25, 0.3) is 0 Å². The molecule has 0 aromatic heterocycles. The van der Waals surface area contributed by atoms with E-state index in [9.17, 15) is 9.59 Å². The fraction of sp³-hybridized carbons (Fsp3) is 0.0625. The number of rotatable bonds is 5. The number of carbonyl (C=O) groups is 2. The van der Waals surface area contributed by atoms with E-state index in [2.05, 4.69) is 5.16 Å². The second kappa shape index (κ2) is 6.43. The first-order chi connectivity index (χ1) is 9.77. The molecule has 1 atom stereocenters. The van der Waals surface area contributed by atoms with Crippen molar-refractivity contribution in [1.82, 2.24) is 0 Å². The average molecular weight is 267 g/mol. The SMILES string of the molecule is O=CC(C(=O)c1ccccc1)C(=NO)c1ccccc1. The zero-order valence-corrected chi connectivity index (χ0v) is 10.6. The third kappa shape index (κ3) is 2.80. The quantitative estimate of drug-likeness (QED) is 0.226. The number of benzene rings is 2. The summed E-state index contributed by atoms with van der Waals surface area (Å²) in [6.45, 7) is 0. The van der Waals surface area contributed by atoms with E-state index < -0.39 is 11.7 Å². The summed E-state index contributed by atoms with van der Waals surface area (Å²) in [7, 11) is 0. The molecule has 0 aliphatic carbocycles. The number of aldehydes is 1. The van der Waals surface area contributed by atoms with E-state index >= 15 is 0 Å². The summed E-state index contributed by atoms with van der Waals surface area (Å²) in [5, 5.41) is 12.3. The lowest BCUT2D eigenvalue weighted by Gasteiger charge is -2.11. The Labute approximate surface area is 116 Å². The number of oxime groups is 1. The molecule has 0 bridgehead atoms. The third-order valence-electron chi connectivity index (χ3n) is 2.95. The third-order valence-corrected chi connectivity index (χ3v) is 2.95. The minimum atomic E-state index is -1.12. The Morgan fingerprint density at radius 3 is 1.90 bits per heavy atom. The molecule has 0 saturated carbocycles. The molecule has 4 nitrogen and oxygen atoms in total. The van der Waals surface area contributed by atoms with Crippen LogP contribution in [0.3, 0.4) is 0 Å². The molecule has 0 amide bonds. The first-order valence-electron chi connectivity index (χ1n) is 6.10. The van der Waals surface area contributed by atoms with Gasteiger partial charge in [0, 0.05) is 11.1 Å². The molecule has 1 unspecified atom stereocenters. The Morgan fingerprint density at radius 2 is 1.45 bits per heavy atom. The van der Waals surface area contributed by atoms with Crippen molar-refractivity contribution in [2.75, 3.05) is 0 Å². The number of carbonyl (C=O) groups excluding carboxylic acids is 2. The maximum Gasteiger partial charge on any atom is 0.179 e. The van der Waals surface area contributed by atoms with Crippen LogP contribution < -0.4 is 0 Å². The predicted molar refractivity (Wildman–Crippen MR) is 75.1 cm³/mol. The average Bonchev–Trinajstić information content (AvgIpc) is 2.53. The van der Waals surface area contributed by atoms with E-state index in [1.807, 2.05) is 0 Å². The van der Waals surface area contributed by atoms with Gasteiger partial charge in [-0.3, -0.25) is 4.79 Å². The fourth-order valence-corrected chi connectivity index (χ4v) is 1.94. The van der Waals surface area contributed by atoms with Crippen molar-refractivity contribution in [1.29, 1.82) is 0 Å². The van der Waals surface area contributed by atoms with Crippen molar-refractivity contribution in [3.8, 4) is 0 Å². The number of ketones is 1. The van der Waals surface area contributed by atoms with Crippen LogP contribution in [-0.4, -0.2) is 23.0 Å². The highest BCUT2D eigenvalue weighted by Gasteiger charge is 2.26. The van der Waals surface area contributed by atoms with E-state index in [1.54, 1.807) is 60.7 Å². The van der Waals surface area contributed by atoms with Crippen LogP contribution in [-0.2, 0) is 4.79 Å². The molecule has 0 aliphatic rings. The predicted octanol–water partition coefficient (Wildman–Crippen LogP) is 2.56. The number of Topliss-reactive ketones (excluding diaryl/α,β-unsaturated/α-hetero) is 1. The van der Waals surface area contributed by atoms with Gasteiger partial charge in [-0.25, -0.2) is 0 Å². The summed E-state index contributed by atoms with van der Waals surface area (Å²) in [5.41, 5.74) is 0.993. The van der Waals surface area contributed by atoms with Gasteiger partial charge in [-0.05, 0) is 0 Å². The molecular weight excluding hydrogens is 254 g/mol. The van der Waals surface area contributed by atoms with Crippen molar-refractivity contribution >= 4 is 17.8 Å². The topological polar surface area (TPSA) is 66.7 Å². The van der Waals surface area contributed by atoms with Crippen molar-refractivity contribution in [3.63, 3.8) is 0 Å². The highest BCUT2D eigenvalue weighted by molar-refractivity contribution is 6.25. The minimum Gasteiger partial charge on any atom is -0.411 e. The molecule has 2 aromatic carbocycles. The number of hydrogen-bond donors (Lipinski definition) is 1. The van der Waals surface area contributed by atoms with Crippen LogP contribution in [0.1, 0.15) is 15.9 Å². The lowest BCUT2D eigenvalue weighted by atomic mass is 9.90. The fourth-order valence-electron chi connectivity index (χ4n) is 1.94. The van der Waals surface area contributed by atoms with Gasteiger partial charge in [0.05, 0.1) is 0 Å². The van der Waals surface area contributed by atoms with Crippen LogP contribution in [0, 0.1) is 5.92 Å². The molecule has 0 saturated heterocycles. The lowest BCUT2D eigenvalue weighted by Crippen LogP contribution is -2.26. The molecule has 0 heterocycles. The Kier molecular flexibility index (Phi) is 4.39. The van der Waals surface area contributed by atoms with Crippen LogP contribution in [0.25, 0.3) is 0 Å². The van der Waals surface area contributed by atoms with Crippen LogP contribution in [0.15, 0.2) is 65.8 Å². The Hall–Kier alpha value is -2.75. The van der Waals surface area contributed by atoms with E-state index in [0.717, 1.165) is 0 Å². The Balaban J connectivity index is 2.37. The summed E-state index contributed by atoms with van der Waals surface area (Å²) in [6, 6.07) is 17.1. The molecule has 0 radical (unpaired) electrons.